The van der Waals surface area contributed by atoms with E-state index >= 15 is 0 Å². The van der Waals surface area contributed by atoms with Crippen molar-refractivity contribution in [1.29, 1.82) is 0 Å². The van der Waals surface area contributed by atoms with Gasteiger partial charge in [0.05, 0.1) is 36.3 Å². The number of nitrogens with one attached hydrogen (secondary N) is 3. The maximum Gasteiger partial charge on any atom is 0.233 e. The Morgan fingerprint density at radius 2 is 1.89 bits per heavy atom. The molecular weight excluding hydrogens is 370 g/mol. The lowest BCUT2D eigenvalue weighted by Gasteiger charge is -2.36. The van der Waals surface area contributed by atoms with E-state index in [2.05, 4.69) is 25.8 Å². The van der Waals surface area contributed by atoms with Gasteiger partial charge in [0, 0.05) is 39.3 Å². The molecule has 2 saturated heterocycles. The van der Waals surface area contributed by atoms with E-state index in [0.29, 0.717) is 18.8 Å². The first kappa shape index (κ1) is 20.8. The van der Waals surface area contributed by atoms with Crippen LogP contribution in [0.4, 0.5) is 20.2 Å². The molecule has 1 aromatic rings. The summed E-state index contributed by atoms with van der Waals surface area (Å²) in [6.07, 6.45) is -0.0886. The molecule has 3 rings (SSSR count). The van der Waals surface area contributed by atoms with Crippen LogP contribution in [0.5, 0.6) is 0 Å². The number of likely N-dealkylation sites (N-methyl/N-ethyl adjacent to an activating group) is 1. The Balaban J connectivity index is 1.78. The molecule has 0 bridgehead atoms. The molecule has 1 unspecified atom stereocenters. The quantitative estimate of drug-likeness (QED) is 0.385. The smallest absolute Gasteiger partial charge is 0.233 e. The number of carbonyl (C=O) groups is 1. The average molecular weight is 398 g/mol. The van der Waals surface area contributed by atoms with Crippen LogP contribution in [-0.2, 0) is 4.79 Å². The van der Waals surface area contributed by atoms with E-state index in [1.54, 1.807) is 0 Å². The molecule has 2 aliphatic rings. The van der Waals surface area contributed by atoms with E-state index < -0.39 is 36.1 Å². The van der Waals surface area contributed by atoms with E-state index in [1.165, 1.54) is 6.20 Å². The number of nitrogens with two attached hydrogens (primary N) is 2. The Bertz CT molecular complexity index is 675. The van der Waals surface area contributed by atoms with Crippen molar-refractivity contribution in [2.24, 2.45) is 17.4 Å². The van der Waals surface area contributed by atoms with E-state index in [-0.39, 0.29) is 18.8 Å². The van der Waals surface area contributed by atoms with Gasteiger partial charge in [-0.15, -0.1) is 0 Å². The Labute approximate surface area is 162 Å². The van der Waals surface area contributed by atoms with Crippen molar-refractivity contribution in [1.82, 2.24) is 20.5 Å². The zero-order valence-electron chi connectivity index (χ0n) is 15.9. The molecule has 0 spiro atoms. The highest BCUT2D eigenvalue weighted by Gasteiger charge is 2.35. The van der Waals surface area contributed by atoms with E-state index in [9.17, 15) is 13.6 Å². The van der Waals surface area contributed by atoms with Crippen LogP contribution in [0.2, 0.25) is 0 Å². The Hall–Kier alpha value is -1.92. The van der Waals surface area contributed by atoms with Gasteiger partial charge in [-0.2, -0.15) is 0 Å². The average Bonchev–Trinajstić information content (AvgIpc) is 2.64. The highest BCUT2D eigenvalue weighted by Crippen LogP contribution is 2.29. The molecule has 0 saturated carbocycles. The van der Waals surface area contributed by atoms with Gasteiger partial charge in [-0.3, -0.25) is 20.4 Å². The van der Waals surface area contributed by atoms with Gasteiger partial charge < -0.3 is 26.6 Å². The van der Waals surface area contributed by atoms with Crippen LogP contribution in [-0.4, -0.2) is 80.6 Å². The summed E-state index contributed by atoms with van der Waals surface area (Å²) in [5.74, 6) is -1.87. The predicted molar refractivity (Wildman–Crippen MR) is 103 cm³/mol. The normalized spacial score (nSPS) is 25.0. The third kappa shape index (κ3) is 4.73. The second kappa shape index (κ2) is 9.05. The molecule has 1 aromatic heterocycles. The number of hydrogen-bond donors (Lipinski definition) is 5. The van der Waals surface area contributed by atoms with Gasteiger partial charge in [0.2, 0.25) is 5.91 Å². The summed E-state index contributed by atoms with van der Waals surface area (Å²) >= 11 is 0. The number of piperazine rings is 1. The summed E-state index contributed by atoms with van der Waals surface area (Å²) < 4.78 is 27.9. The van der Waals surface area contributed by atoms with E-state index in [4.69, 9.17) is 11.5 Å². The fourth-order valence-corrected chi connectivity index (χ4v) is 3.54. The molecule has 0 aliphatic carbocycles. The van der Waals surface area contributed by atoms with Crippen molar-refractivity contribution in [3.05, 3.63) is 18.2 Å². The highest BCUT2D eigenvalue weighted by molar-refractivity contribution is 5.96. The van der Waals surface area contributed by atoms with Crippen molar-refractivity contribution >= 4 is 17.3 Å². The largest absolute Gasteiger partial charge is 0.365 e. The topological polar surface area (TPSA) is 125 Å². The van der Waals surface area contributed by atoms with Gasteiger partial charge in [0.15, 0.2) is 5.82 Å². The molecule has 28 heavy (non-hydrogen) atoms. The first-order valence-corrected chi connectivity index (χ1v) is 9.36. The minimum Gasteiger partial charge on any atom is -0.365 e. The van der Waals surface area contributed by atoms with Crippen molar-refractivity contribution < 1.29 is 13.6 Å². The van der Waals surface area contributed by atoms with Crippen molar-refractivity contribution in [3.8, 4) is 0 Å². The first-order valence-electron chi connectivity index (χ1n) is 9.36. The minimum atomic E-state index is -1.05. The third-order valence-electron chi connectivity index (χ3n) is 5.15. The number of pyridine rings is 1. The van der Waals surface area contributed by atoms with Crippen LogP contribution in [0.15, 0.2) is 12.4 Å². The molecule has 1 amide bonds. The van der Waals surface area contributed by atoms with Gasteiger partial charge in [-0.25, -0.2) is 8.78 Å². The van der Waals surface area contributed by atoms with Gasteiger partial charge in [0.1, 0.15) is 11.9 Å². The van der Waals surface area contributed by atoms with Crippen LogP contribution >= 0.6 is 0 Å². The molecule has 3 heterocycles. The van der Waals surface area contributed by atoms with Gasteiger partial charge in [-0.1, -0.05) is 0 Å². The number of hydrogen-bond acceptors (Lipinski definition) is 8. The second-order valence-corrected chi connectivity index (χ2v) is 7.29. The molecular formula is C17H28F2N8O. The van der Waals surface area contributed by atoms with Gasteiger partial charge in [-0.05, 0) is 7.05 Å². The number of nitrogens with zero attached hydrogens (tertiary/aromatic N) is 3. The fourth-order valence-electron chi connectivity index (χ4n) is 3.54. The zero-order chi connectivity index (χ0) is 20.3. The molecule has 0 radical (unpaired) electrons. The number of carbonyl (C=O) groups excluding carboxylic acids is 1. The highest BCUT2D eigenvalue weighted by atomic mass is 19.1. The summed E-state index contributed by atoms with van der Waals surface area (Å²) in [5.41, 5.74) is 12.2. The van der Waals surface area contributed by atoms with Crippen molar-refractivity contribution in [2.45, 2.75) is 18.5 Å². The molecule has 156 valence electrons. The van der Waals surface area contributed by atoms with Crippen LogP contribution < -0.4 is 32.3 Å². The number of halogens is 2. The van der Waals surface area contributed by atoms with Crippen molar-refractivity contribution in [3.63, 3.8) is 0 Å². The maximum absolute atomic E-state index is 14.6. The Morgan fingerprint density at radius 1 is 1.25 bits per heavy atom. The van der Waals surface area contributed by atoms with Gasteiger partial charge >= 0.3 is 0 Å². The fraction of sp³-hybridized carbons (Fsp3) is 0.647. The molecule has 1 atom stereocenters. The summed E-state index contributed by atoms with van der Waals surface area (Å²) in [6.45, 7) is 3.02. The minimum absolute atomic E-state index is 0.0994. The number of anilines is 2. The van der Waals surface area contributed by atoms with Crippen LogP contribution in [0.25, 0.3) is 0 Å². The molecule has 2 aliphatic heterocycles. The monoisotopic (exact) mass is 398 g/mol. The molecule has 9 nitrogen and oxygen atoms in total. The van der Waals surface area contributed by atoms with E-state index in [0.717, 1.165) is 19.3 Å². The van der Waals surface area contributed by atoms with Gasteiger partial charge in [0.25, 0.3) is 0 Å². The molecule has 2 fully saturated rings. The molecule has 11 heteroatoms. The zero-order valence-corrected chi connectivity index (χ0v) is 15.9. The molecule has 7 N–H and O–H groups in total. The first-order chi connectivity index (χ1) is 13.4. The Morgan fingerprint density at radius 3 is 2.50 bits per heavy atom. The van der Waals surface area contributed by atoms with Crippen molar-refractivity contribution in [2.75, 3.05) is 56.5 Å². The lowest BCUT2D eigenvalue weighted by molar-refractivity contribution is -0.122. The summed E-state index contributed by atoms with van der Waals surface area (Å²) in [7, 11) is 2.00. The number of alkyl halides is 1. The number of rotatable bonds is 5. The summed E-state index contributed by atoms with van der Waals surface area (Å²) in [6, 6.07) is 0. The van der Waals surface area contributed by atoms with Crippen LogP contribution in [0, 0.1) is 11.7 Å². The SMILES string of the molecule is CN1CCN(c2c(F)cncc2NC(=O)C(C(N)N)C2NCC(F)CN2)CC1. The summed E-state index contributed by atoms with van der Waals surface area (Å²) in [4.78, 5) is 20.8. The summed E-state index contributed by atoms with van der Waals surface area (Å²) in [5, 5.41) is 8.52. The third-order valence-corrected chi connectivity index (χ3v) is 5.15. The molecule has 0 aromatic carbocycles. The maximum atomic E-state index is 14.6. The predicted octanol–water partition coefficient (Wildman–Crippen LogP) is -1.37. The second-order valence-electron chi connectivity index (χ2n) is 7.29. The standard InChI is InChI=1S/C17H28F2N8O/c1-26-2-4-27(5-3-26)14-11(19)8-22-9-12(14)25-17(28)13(15(20)21)16-23-6-10(18)7-24-16/h8-10,13,15-16,23-24H,2-7,20-21H2,1H3,(H,25,28). The lowest BCUT2D eigenvalue weighted by Crippen LogP contribution is -2.64. The van der Waals surface area contributed by atoms with Crippen LogP contribution in [0.3, 0.4) is 0 Å². The lowest BCUT2D eigenvalue weighted by atomic mass is 9.99. The van der Waals surface area contributed by atoms with Crippen LogP contribution in [0.1, 0.15) is 0 Å². The number of aromatic nitrogens is 1. The number of amides is 1. The van der Waals surface area contributed by atoms with E-state index in [1.807, 2.05) is 11.9 Å². The Kier molecular flexibility index (Phi) is 6.73.